The highest BCUT2D eigenvalue weighted by molar-refractivity contribution is 6.16. The molecule has 326 valence electrons. The van der Waals surface area contributed by atoms with Crippen LogP contribution in [-0.4, -0.2) is 4.57 Å². The topological polar surface area (TPSA) is 8.17 Å². The number of fused-ring (bicyclic) bond motifs is 7. The highest BCUT2D eigenvalue weighted by Crippen LogP contribution is 2.54. The van der Waals surface area contributed by atoms with E-state index in [9.17, 15) is 0 Å². The first-order valence-electron chi connectivity index (χ1n) is 24.0. The summed E-state index contributed by atoms with van der Waals surface area (Å²) in [5.41, 5.74) is 21.7. The average Bonchev–Trinajstić information content (AvgIpc) is 3.88. The van der Waals surface area contributed by atoms with Crippen LogP contribution in [0, 0.1) is 0 Å². The largest absolute Gasteiger partial charge is 0.310 e. The van der Waals surface area contributed by atoms with Crippen LogP contribution < -0.4 is 4.90 Å². The number of rotatable bonds is 8. The molecule has 2 heteroatoms. The zero-order chi connectivity index (χ0) is 46.1. The van der Waals surface area contributed by atoms with Crippen LogP contribution in [0.5, 0.6) is 0 Å². The fourth-order valence-electron chi connectivity index (χ4n) is 11.5. The molecular formula is C67H48N2. The third kappa shape index (κ3) is 6.55. The van der Waals surface area contributed by atoms with Gasteiger partial charge in [-0.05, 0) is 127 Å². The predicted molar refractivity (Wildman–Crippen MR) is 292 cm³/mol. The molecule has 12 aromatic rings. The van der Waals surface area contributed by atoms with Crippen molar-refractivity contribution in [3.05, 3.63) is 266 Å². The first-order valence-corrected chi connectivity index (χ1v) is 24.0. The van der Waals surface area contributed by atoms with E-state index in [2.05, 4.69) is 278 Å². The maximum atomic E-state index is 2.47. The lowest BCUT2D eigenvalue weighted by molar-refractivity contribution is 0.660. The first-order chi connectivity index (χ1) is 34.0. The van der Waals surface area contributed by atoms with Crippen molar-refractivity contribution in [2.75, 3.05) is 4.90 Å². The van der Waals surface area contributed by atoms with Crippen LogP contribution in [0.2, 0.25) is 0 Å². The normalized spacial score (nSPS) is 12.6. The quantitative estimate of drug-likeness (QED) is 0.148. The van der Waals surface area contributed by atoms with Gasteiger partial charge in [0, 0.05) is 38.8 Å². The van der Waals surface area contributed by atoms with E-state index in [1.165, 1.54) is 93.8 Å². The minimum Gasteiger partial charge on any atom is -0.310 e. The summed E-state index contributed by atoms with van der Waals surface area (Å²) < 4.78 is 2.40. The van der Waals surface area contributed by atoms with Crippen LogP contribution in [0.25, 0.3) is 93.9 Å². The van der Waals surface area contributed by atoms with Crippen LogP contribution in [0.3, 0.4) is 0 Å². The number of anilines is 3. The van der Waals surface area contributed by atoms with Crippen molar-refractivity contribution < 1.29 is 0 Å². The summed E-state index contributed by atoms with van der Waals surface area (Å²) >= 11 is 0. The molecule has 0 spiro atoms. The molecule has 0 fully saturated rings. The summed E-state index contributed by atoms with van der Waals surface area (Å²) in [6, 6.07) is 93.6. The van der Waals surface area contributed by atoms with Crippen molar-refractivity contribution in [1.29, 1.82) is 0 Å². The smallest absolute Gasteiger partial charge is 0.0547 e. The van der Waals surface area contributed by atoms with Gasteiger partial charge in [0.15, 0.2) is 0 Å². The zero-order valence-corrected chi connectivity index (χ0v) is 38.6. The molecular weight excluding hydrogens is 833 g/mol. The van der Waals surface area contributed by atoms with E-state index in [0.29, 0.717) is 0 Å². The summed E-state index contributed by atoms with van der Waals surface area (Å²) in [4.78, 5) is 2.47. The van der Waals surface area contributed by atoms with Crippen molar-refractivity contribution in [3.8, 4) is 61.3 Å². The molecule has 0 saturated carbocycles. The van der Waals surface area contributed by atoms with Crippen molar-refractivity contribution in [1.82, 2.24) is 4.57 Å². The molecule has 2 nitrogen and oxygen atoms in total. The summed E-state index contributed by atoms with van der Waals surface area (Å²) in [6.45, 7) is 4.73. The maximum Gasteiger partial charge on any atom is 0.0547 e. The molecule has 0 aliphatic heterocycles. The SMILES string of the molecule is CC1(C)c2ccccc2-c2c(-c3ccccc3N(c3ccc(-c4cccc5cccc(-c6ccccc6)c45)cc3)c3cccc(-c4cccc5c4c4ccccc4n5-c4ccccc4)c3)cccc21. The summed E-state index contributed by atoms with van der Waals surface area (Å²) in [5.74, 6) is 0. The van der Waals surface area contributed by atoms with E-state index in [1.807, 2.05) is 0 Å². The molecule has 1 aliphatic rings. The summed E-state index contributed by atoms with van der Waals surface area (Å²) in [5, 5.41) is 4.97. The molecule has 69 heavy (non-hydrogen) atoms. The van der Waals surface area contributed by atoms with Gasteiger partial charge in [0.05, 0.1) is 16.7 Å². The monoisotopic (exact) mass is 880 g/mol. The van der Waals surface area contributed by atoms with Gasteiger partial charge in [-0.15, -0.1) is 0 Å². The lowest BCUT2D eigenvalue weighted by atomic mass is 9.82. The van der Waals surface area contributed by atoms with Gasteiger partial charge in [0.1, 0.15) is 0 Å². The number of benzene rings is 11. The fourth-order valence-corrected chi connectivity index (χ4v) is 11.5. The Hall–Kier alpha value is -8.72. The molecule has 0 radical (unpaired) electrons. The first kappa shape index (κ1) is 40.5. The highest BCUT2D eigenvalue weighted by Gasteiger charge is 2.37. The predicted octanol–water partition coefficient (Wildman–Crippen LogP) is 18.4. The van der Waals surface area contributed by atoms with E-state index in [4.69, 9.17) is 0 Å². The van der Waals surface area contributed by atoms with E-state index >= 15 is 0 Å². The van der Waals surface area contributed by atoms with Crippen molar-refractivity contribution in [2.45, 2.75) is 19.3 Å². The zero-order valence-electron chi connectivity index (χ0n) is 38.6. The van der Waals surface area contributed by atoms with E-state index < -0.39 is 0 Å². The Labute approximate surface area is 403 Å². The molecule has 11 aromatic carbocycles. The molecule has 1 aliphatic carbocycles. The van der Waals surface area contributed by atoms with Gasteiger partial charge in [-0.1, -0.05) is 214 Å². The number of para-hydroxylation sites is 3. The molecule has 0 amide bonds. The van der Waals surface area contributed by atoms with Crippen LogP contribution in [0.4, 0.5) is 17.1 Å². The third-order valence-electron chi connectivity index (χ3n) is 14.6. The van der Waals surface area contributed by atoms with Gasteiger partial charge >= 0.3 is 0 Å². The minimum absolute atomic E-state index is 0.118. The van der Waals surface area contributed by atoms with Gasteiger partial charge < -0.3 is 9.47 Å². The molecule has 0 bridgehead atoms. The molecule has 1 aromatic heterocycles. The fraction of sp³-hybridized carbons (Fsp3) is 0.0448. The lowest BCUT2D eigenvalue weighted by Gasteiger charge is -2.29. The summed E-state index contributed by atoms with van der Waals surface area (Å²) in [6.07, 6.45) is 0. The summed E-state index contributed by atoms with van der Waals surface area (Å²) in [7, 11) is 0. The van der Waals surface area contributed by atoms with Crippen LogP contribution in [0.15, 0.2) is 255 Å². The third-order valence-corrected chi connectivity index (χ3v) is 14.6. The highest BCUT2D eigenvalue weighted by atomic mass is 15.1. The molecule has 0 atom stereocenters. The molecule has 0 unspecified atom stereocenters. The lowest BCUT2D eigenvalue weighted by Crippen LogP contribution is -2.14. The number of nitrogens with zero attached hydrogens (tertiary/aromatic N) is 2. The second-order valence-electron chi connectivity index (χ2n) is 18.8. The van der Waals surface area contributed by atoms with Crippen molar-refractivity contribution in [2.24, 2.45) is 0 Å². The standard InChI is InChI=1S/C67H48N2/c1-67(2)59-35-12-9-29-57(59)65-56(34-18-36-60(65)67)55-28-10-13-37-61(55)68(50-42-40-46(41-43-50)53-32-17-23-47-22-16-31-52(64(47)53)45-20-5-3-6-21-45)51-27-15-24-48(44-51)54-33-19-39-63-66(54)58-30-11-14-38-62(58)69(63)49-25-7-4-8-26-49/h3-44H,1-2H3. The van der Waals surface area contributed by atoms with Gasteiger partial charge in [-0.3, -0.25) is 0 Å². The van der Waals surface area contributed by atoms with Crippen molar-refractivity contribution in [3.63, 3.8) is 0 Å². The number of aromatic nitrogens is 1. The van der Waals surface area contributed by atoms with Crippen LogP contribution >= 0.6 is 0 Å². The molecule has 1 heterocycles. The van der Waals surface area contributed by atoms with Crippen LogP contribution in [0.1, 0.15) is 25.0 Å². The van der Waals surface area contributed by atoms with E-state index in [0.717, 1.165) is 28.3 Å². The maximum absolute atomic E-state index is 2.47. The molecule has 13 rings (SSSR count). The van der Waals surface area contributed by atoms with E-state index in [1.54, 1.807) is 0 Å². The minimum atomic E-state index is -0.118. The van der Waals surface area contributed by atoms with Gasteiger partial charge in [0.25, 0.3) is 0 Å². The Morgan fingerprint density at radius 1 is 0.348 bits per heavy atom. The van der Waals surface area contributed by atoms with Crippen LogP contribution in [-0.2, 0) is 5.41 Å². The van der Waals surface area contributed by atoms with Crippen molar-refractivity contribution >= 4 is 49.6 Å². The Bertz CT molecular complexity index is 3910. The number of hydrogen-bond donors (Lipinski definition) is 0. The number of hydrogen-bond acceptors (Lipinski definition) is 1. The van der Waals surface area contributed by atoms with Gasteiger partial charge in [-0.2, -0.15) is 0 Å². The Morgan fingerprint density at radius 3 is 1.67 bits per heavy atom. The Kier molecular flexibility index (Phi) is 9.55. The second-order valence-corrected chi connectivity index (χ2v) is 18.8. The average molecular weight is 881 g/mol. The Balaban J connectivity index is 1.02. The molecule has 0 saturated heterocycles. The van der Waals surface area contributed by atoms with E-state index in [-0.39, 0.29) is 5.41 Å². The van der Waals surface area contributed by atoms with Gasteiger partial charge in [0.2, 0.25) is 0 Å². The van der Waals surface area contributed by atoms with Gasteiger partial charge in [-0.25, -0.2) is 0 Å². The second kappa shape index (κ2) is 16.3. The Morgan fingerprint density at radius 2 is 0.884 bits per heavy atom. The molecule has 0 N–H and O–H groups in total.